The first-order chi connectivity index (χ1) is 6.98. The third-order valence-electron chi connectivity index (χ3n) is 4.57. The fourth-order valence-electron chi connectivity index (χ4n) is 2.34. The van der Waals surface area contributed by atoms with E-state index in [4.69, 9.17) is 0 Å². The fourth-order valence-corrected chi connectivity index (χ4v) is 2.34. The summed E-state index contributed by atoms with van der Waals surface area (Å²) < 4.78 is 0. The highest BCUT2D eigenvalue weighted by Gasteiger charge is 2.38. The molecule has 0 saturated carbocycles. The molecule has 0 aromatic heterocycles. The summed E-state index contributed by atoms with van der Waals surface area (Å²) >= 11 is 0. The Labute approximate surface area is 94.7 Å². The van der Waals surface area contributed by atoms with Crippen LogP contribution < -0.4 is 0 Å². The van der Waals surface area contributed by atoms with Crippen LogP contribution in [0.4, 0.5) is 0 Å². The van der Waals surface area contributed by atoms with Crippen molar-refractivity contribution in [3.63, 3.8) is 0 Å². The molecule has 0 spiro atoms. The Kier molecular flexibility index (Phi) is 3.59. The molecule has 0 aliphatic rings. The highest BCUT2D eigenvalue weighted by Crippen LogP contribution is 2.46. The Bertz CT molecular complexity index is 291. The first-order valence-electron chi connectivity index (χ1n) is 6.03. The van der Waals surface area contributed by atoms with E-state index in [0.717, 1.165) is 0 Å². The number of hydrogen-bond donors (Lipinski definition) is 0. The van der Waals surface area contributed by atoms with Gasteiger partial charge in [0.05, 0.1) is 0 Å². The molecule has 0 radical (unpaired) electrons. The van der Waals surface area contributed by atoms with E-state index in [1.54, 1.807) is 0 Å². The Morgan fingerprint density at radius 3 is 1.73 bits per heavy atom. The zero-order valence-electron chi connectivity index (χ0n) is 10.8. The van der Waals surface area contributed by atoms with E-state index < -0.39 is 0 Å². The molecule has 0 atom stereocenters. The Balaban J connectivity index is 3.12. The zero-order valence-corrected chi connectivity index (χ0v) is 10.8. The molecular weight excluding hydrogens is 180 g/mol. The van der Waals surface area contributed by atoms with Gasteiger partial charge in [-0.05, 0) is 29.2 Å². The fraction of sp³-hybridized carbons (Fsp3) is 0.600. The van der Waals surface area contributed by atoms with Crippen molar-refractivity contribution in [2.45, 2.75) is 52.9 Å². The van der Waals surface area contributed by atoms with Crippen LogP contribution in [0.3, 0.4) is 0 Å². The average molecular weight is 204 g/mol. The van der Waals surface area contributed by atoms with Gasteiger partial charge in [-0.3, -0.25) is 0 Å². The topological polar surface area (TPSA) is 0 Å². The molecule has 0 heterocycles. The van der Waals surface area contributed by atoms with Gasteiger partial charge in [-0.2, -0.15) is 0 Å². The Hall–Kier alpha value is -0.780. The van der Waals surface area contributed by atoms with Crippen LogP contribution in [-0.2, 0) is 5.41 Å². The molecule has 1 aromatic carbocycles. The van der Waals surface area contributed by atoms with Crippen molar-refractivity contribution in [3.05, 3.63) is 35.9 Å². The van der Waals surface area contributed by atoms with Gasteiger partial charge in [-0.15, -0.1) is 0 Å². The quantitative estimate of drug-likeness (QED) is 0.661. The molecule has 0 bridgehead atoms. The van der Waals surface area contributed by atoms with E-state index in [9.17, 15) is 0 Å². The van der Waals surface area contributed by atoms with E-state index >= 15 is 0 Å². The summed E-state index contributed by atoms with van der Waals surface area (Å²) in [4.78, 5) is 0. The highest BCUT2D eigenvalue weighted by molar-refractivity contribution is 5.26. The molecule has 0 fully saturated rings. The maximum Gasteiger partial charge on any atom is -0.00500 e. The molecule has 1 aromatic rings. The monoisotopic (exact) mass is 204 g/mol. The summed E-state index contributed by atoms with van der Waals surface area (Å²) in [7, 11) is 0. The van der Waals surface area contributed by atoms with E-state index in [2.05, 4.69) is 65.0 Å². The lowest BCUT2D eigenvalue weighted by atomic mass is 9.60. The van der Waals surface area contributed by atoms with Gasteiger partial charge in [0.15, 0.2) is 0 Å². The second-order valence-corrected chi connectivity index (χ2v) is 5.26. The highest BCUT2D eigenvalue weighted by atomic mass is 14.4. The smallest absolute Gasteiger partial charge is 0.00500 e. The molecule has 0 aliphatic heterocycles. The minimum Gasteiger partial charge on any atom is -0.0648 e. The van der Waals surface area contributed by atoms with E-state index in [1.165, 1.54) is 18.4 Å². The largest absolute Gasteiger partial charge is 0.0648 e. The second kappa shape index (κ2) is 4.38. The molecule has 1 rings (SSSR count). The van der Waals surface area contributed by atoms with Crippen LogP contribution >= 0.6 is 0 Å². The Morgan fingerprint density at radius 1 is 0.867 bits per heavy atom. The van der Waals surface area contributed by atoms with E-state index in [1.807, 2.05) is 0 Å². The van der Waals surface area contributed by atoms with Crippen LogP contribution in [0, 0.1) is 5.41 Å². The normalized spacial score (nSPS) is 12.9. The standard InChI is InChI=1S/C15H24/c1-6-15(5,7-2)14(3,4)13-11-9-8-10-12-13/h8-12H,6-7H2,1-5H3. The third kappa shape index (κ3) is 2.09. The first-order valence-corrected chi connectivity index (χ1v) is 6.03. The second-order valence-electron chi connectivity index (χ2n) is 5.26. The van der Waals surface area contributed by atoms with E-state index in [-0.39, 0.29) is 5.41 Å². The van der Waals surface area contributed by atoms with Crippen LogP contribution in [-0.4, -0.2) is 0 Å². The summed E-state index contributed by atoms with van der Waals surface area (Å²) in [5, 5.41) is 0. The van der Waals surface area contributed by atoms with Crippen molar-refractivity contribution in [1.29, 1.82) is 0 Å². The summed E-state index contributed by atoms with van der Waals surface area (Å²) in [5.74, 6) is 0. The predicted octanol–water partition coefficient (Wildman–Crippen LogP) is 4.79. The van der Waals surface area contributed by atoms with Crippen LogP contribution in [0.1, 0.15) is 53.0 Å². The molecule has 0 saturated heterocycles. The van der Waals surface area contributed by atoms with Crippen molar-refractivity contribution < 1.29 is 0 Å². The van der Waals surface area contributed by atoms with Crippen molar-refractivity contribution in [3.8, 4) is 0 Å². The van der Waals surface area contributed by atoms with Gasteiger partial charge < -0.3 is 0 Å². The predicted molar refractivity (Wildman–Crippen MR) is 68.2 cm³/mol. The maximum atomic E-state index is 2.40. The number of benzene rings is 1. The maximum absolute atomic E-state index is 2.40. The van der Waals surface area contributed by atoms with Crippen LogP contribution in [0.2, 0.25) is 0 Å². The lowest BCUT2D eigenvalue weighted by Crippen LogP contribution is -2.38. The summed E-state index contributed by atoms with van der Waals surface area (Å²) in [6, 6.07) is 10.9. The van der Waals surface area contributed by atoms with Crippen molar-refractivity contribution in [2.24, 2.45) is 5.41 Å². The molecular formula is C15H24. The zero-order chi connectivity index (χ0) is 11.5. The van der Waals surface area contributed by atoms with Gasteiger partial charge >= 0.3 is 0 Å². The molecule has 0 N–H and O–H groups in total. The summed E-state index contributed by atoms with van der Waals surface area (Å²) in [6.45, 7) is 11.7. The number of rotatable bonds is 4. The molecule has 0 amide bonds. The number of hydrogen-bond acceptors (Lipinski definition) is 0. The molecule has 0 aliphatic carbocycles. The molecule has 15 heavy (non-hydrogen) atoms. The van der Waals surface area contributed by atoms with Gasteiger partial charge in [-0.25, -0.2) is 0 Å². The lowest BCUT2D eigenvalue weighted by molar-refractivity contribution is 0.155. The van der Waals surface area contributed by atoms with Crippen LogP contribution in [0.25, 0.3) is 0 Å². The first kappa shape index (κ1) is 12.3. The van der Waals surface area contributed by atoms with Gasteiger partial charge in [0, 0.05) is 0 Å². The molecule has 84 valence electrons. The van der Waals surface area contributed by atoms with E-state index in [0.29, 0.717) is 5.41 Å². The van der Waals surface area contributed by atoms with Gasteiger partial charge in [0.1, 0.15) is 0 Å². The minimum absolute atomic E-state index is 0.248. The Morgan fingerprint density at radius 2 is 1.33 bits per heavy atom. The van der Waals surface area contributed by atoms with Gasteiger partial charge in [0.25, 0.3) is 0 Å². The van der Waals surface area contributed by atoms with Crippen molar-refractivity contribution in [1.82, 2.24) is 0 Å². The molecule has 0 heteroatoms. The molecule has 0 unspecified atom stereocenters. The third-order valence-corrected chi connectivity index (χ3v) is 4.57. The minimum atomic E-state index is 0.248. The van der Waals surface area contributed by atoms with Gasteiger partial charge in [0.2, 0.25) is 0 Å². The van der Waals surface area contributed by atoms with Crippen LogP contribution in [0.15, 0.2) is 30.3 Å². The van der Waals surface area contributed by atoms with Crippen molar-refractivity contribution >= 4 is 0 Å². The van der Waals surface area contributed by atoms with Crippen LogP contribution in [0.5, 0.6) is 0 Å². The summed E-state index contributed by atoms with van der Waals surface area (Å²) in [5.41, 5.74) is 2.09. The lowest BCUT2D eigenvalue weighted by Gasteiger charge is -2.44. The molecule has 0 nitrogen and oxygen atoms in total. The summed E-state index contributed by atoms with van der Waals surface area (Å²) in [6.07, 6.45) is 2.46. The SMILES string of the molecule is CCC(C)(CC)C(C)(C)c1ccccc1. The van der Waals surface area contributed by atoms with Crippen molar-refractivity contribution in [2.75, 3.05) is 0 Å². The average Bonchev–Trinajstić information content (AvgIpc) is 2.29. The van der Waals surface area contributed by atoms with Gasteiger partial charge in [-0.1, -0.05) is 65.0 Å².